The van der Waals surface area contributed by atoms with E-state index in [0.29, 0.717) is 22.9 Å². The molecule has 5 aromatic carbocycles. The second-order valence-corrected chi connectivity index (χ2v) is 17.9. The number of hydrogen-bond acceptors (Lipinski definition) is 14. The molecule has 1 aliphatic rings. The first-order chi connectivity index (χ1) is 36.4. The topological polar surface area (TPSA) is 191 Å². The van der Waals surface area contributed by atoms with Crippen molar-refractivity contribution in [3.8, 4) is 56.7 Å². The van der Waals surface area contributed by atoms with Crippen molar-refractivity contribution in [2.24, 2.45) is 0 Å². The molecular formula is C54H46BBrCl6MgN11O3-. The number of nitrogens with zero attached hydrogens (tertiary/aromatic N) is 11. The molecule has 1 saturated heterocycles. The molecule has 2 N–H and O–H groups in total. The summed E-state index contributed by atoms with van der Waals surface area (Å²) in [7, 11) is -1.41. The van der Waals surface area contributed by atoms with Gasteiger partial charge in [-0.3, -0.25) is 9.97 Å². The Morgan fingerprint density at radius 1 is 0.390 bits per heavy atom. The van der Waals surface area contributed by atoms with Crippen molar-refractivity contribution in [3.05, 3.63) is 232 Å². The molecule has 0 spiro atoms. The molecule has 1 fully saturated rings. The van der Waals surface area contributed by atoms with E-state index in [4.69, 9.17) is 84.4 Å². The zero-order chi connectivity index (χ0) is 53.2. The van der Waals surface area contributed by atoms with Crippen molar-refractivity contribution in [1.82, 2.24) is 54.8 Å². The molecule has 5 aromatic heterocycles. The fourth-order valence-corrected chi connectivity index (χ4v) is 7.59. The van der Waals surface area contributed by atoms with E-state index in [0.717, 1.165) is 56.9 Å². The van der Waals surface area contributed by atoms with Gasteiger partial charge in [0.05, 0.1) is 11.4 Å². The summed E-state index contributed by atoms with van der Waals surface area (Å²) in [5, 5.41) is 18.2. The van der Waals surface area contributed by atoms with Gasteiger partial charge in [0, 0.05) is 57.9 Å². The predicted molar refractivity (Wildman–Crippen MR) is 317 cm³/mol. The van der Waals surface area contributed by atoms with Crippen molar-refractivity contribution < 1.29 is 17.6 Å². The van der Waals surface area contributed by atoms with E-state index in [1.54, 1.807) is 24.5 Å². The summed E-state index contributed by atoms with van der Waals surface area (Å²) in [5.41, 5.74) is 6.91. The van der Waals surface area contributed by atoms with E-state index in [1.807, 2.05) is 164 Å². The molecule has 6 heterocycles. The molecule has 11 rings (SSSR count). The zero-order valence-corrected chi connectivity index (χ0v) is 48.4. The van der Waals surface area contributed by atoms with Crippen LogP contribution in [-0.4, -0.2) is 108 Å². The Bertz CT molecular complexity index is 3190. The molecule has 0 radical (unpaired) electrons. The maximum Gasteiger partial charge on any atom is 2.00 e. The fraction of sp³-hybridized carbons (Fsp3) is 0.0741. The van der Waals surface area contributed by atoms with Gasteiger partial charge in [-0.2, -0.15) is 39.9 Å². The average Bonchev–Trinajstić information content (AvgIpc) is 4.04. The molecule has 1 aliphatic heterocycles. The van der Waals surface area contributed by atoms with E-state index in [1.165, 1.54) is 12.8 Å². The van der Waals surface area contributed by atoms with E-state index in [-0.39, 0.29) is 65.0 Å². The number of rotatable bonds is 6. The molecular weight excluding hydrogens is 1180 g/mol. The smallest absolute Gasteiger partial charge is 1.00 e. The average molecular weight is 1220 g/mol. The van der Waals surface area contributed by atoms with Crippen LogP contribution < -0.4 is 5.46 Å². The van der Waals surface area contributed by atoms with Gasteiger partial charge in [-0.05, 0) is 124 Å². The summed E-state index contributed by atoms with van der Waals surface area (Å²) in [5.74, 6) is 1.59. The number of benzene rings is 5. The Morgan fingerprint density at radius 2 is 0.701 bits per heavy atom. The van der Waals surface area contributed by atoms with Crippen molar-refractivity contribution in [2.45, 2.75) is 12.8 Å². The number of halogens is 7. The van der Waals surface area contributed by atoms with Crippen LogP contribution in [0.4, 0.5) is 0 Å². The molecule has 0 amide bonds. The van der Waals surface area contributed by atoms with Crippen LogP contribution in [0, 0.1) is 7.43 Å². The molecule has 23 heteroatoms. The third kappa shape index (κ3) is 23.1. The van der Waals surface area contributed by atoms with Gasteiger partial charge in [-0.25, -0.2) is 4.98 Å². The molecule has 77 heavy (non-hydrogen) atoms. The van der Waals surface area contributed by atoms with Gasteiger partial charge in [0.1, 0.15) is 0 Å². The zero-order valence-electron chi connectivity index (χ0n) is 42.9. The molecule has 0 bridgehead atoms. The maximum atomic E-state index is 8.93. The van der Waals surface area contributed by atoms with Gasteiger partial charge >= 0.3 is 30.2 Å². The minimum Gasteiger partial charge on any atom is -1.00 e. The minimum atomic E-state index is -1.41. The monoisotopic (exact) mass is 1220 g/mol. The summed E-state index contributed by atoms with van der Waals surface area (Å²) in [4.78, 5) is 43.6. The first-order valence-corrected chi connectivity index (χ1v) is 25.5. The van der Waals surface area contributed by atoms with Crippen LogP contribution in [0.2, 0.25) is 31.7 Å². The Morgan fingerprint density at radius 3 is 1.03 bits per heavy atom. The first kappa shape index (κ1) is 63.9. The minimum absolute atomic E-state index is 0. The van der Waals surface area contributed by atoms with Crippen LogP contribution >= 0.6 is 85.5 Å². The molecule has 10 aromatic rings. The van der Waals surface area contributed by atoms with Crippen molar-refractivity contribution in [2.75, 3.05) is 13.2 Å². The molecule has 0 saturated carbocycles. The summed E-state index contributed by atoms with van der Waals surface area (Å²) in [6.07, 6.45) is 6.06. The second-order valence-electron chi connectivity index (χ2n) is 14.9. The van der Waals surface area contributed by atoms with Crippen LogP contribution in [0.25, 0.3) is 56.7 Å². The summed E-state index contributed by atoms with van der Waals surface area (Å²) in [6, 6.07) is 55.6. The van der Waals surface area contributed by atoms with Gasteiger partial charge in [-0.1, -0.05) is 155 Å². The van der Waals surface area contributed by atoms with Gasteiger partial charge in [-0.15, -0.1) is 0 Å². The Kier molecular flexibility index (Phi) is 29.0. The van der Waals surface area contributed by atoms with Crippen molar-refractivity contribution in [3.63, 3.8) is 0 Å². The number of ether oxygens (including phenoxy) is 1. The molecule has 0 unspecified atom stereocenters. The van der Waals surface area contributed by atoms with Crippen LogP contribution in [0.1, 0.15) is 15.7 Å². The third-order valence-corrected chi connectivity index (χ3v) is 11.2. The van der Waals surface area contributed by atoms with E-state index in [2.05, 4.69) is 70.8 Å². The van der Waals surface area contributed by atoms with Gasteiger partial charge in [0.25, 0.3) is 0 Å². The molecule has 14 nitrogen and oxygen atoms in total. The summed E-state index contributed by atoms with van der Waals surface area (Å²) >= 11 is 36.7. The SMILES string of the molecule is Brc1ccccc1.C1CCOC1.Clc1nc(-c2ccccc2)nc(-c2ccc(-c3ccccn3)cc2)n1.Clc1nc(Cl)nc(-c2ccccc2)n1.Clc1nc(Cl)nc(Cl)n1.OB(O)c1ccc(-c2ccccn2)cc1.[CH3-].[H-].[H-].[Mg+2]. The van der Waals surface area contributed by atoms with Crippen LogP contribution in [0.5, 0.6) is 0 Å². The Labute approximate surface area is 504 Å². The van der Waals surface area contributed by atoms with Crippen molar-refractivity contribution in [1.29, 1.82) is 0 Å². The second kappa shape index (κ2) is 35.0. The molecule has 0 aliphatic carbocycles. The first-order valence-electron chi connectivity index (χ1n) is 22.4. The summed E-state index contributed by atoms with van der Waals surface area (Å²) in [6.45, 7) is 2.00. The van der Waals surface area contributed by atoms with Crippen LogP contribution in [0.15, 0.2) is 193 Å². The summed E-state index contributed by atoms with van der Waals surface area (Å²) < 4.78 is 6.08. The standard InChI is InChI=1S/C20H13ClN4.C11H10BNO2.C9H5Cl2N3.C6H5Br.C4H8O.C3Cl3N3.CH3.Mg.2H/c21-20-24-18(15-6-2-1-3-7-15)23-19(25-20)16-11-9-14(10-12-16)17-8-4-5-13-22-17;14-12(15)10-6-4-9(5-7-10)11-3-1-2-8-13-11;10-8-12-7(13-9(11)14-8)6-4-2-1-3-5-6;7-6-4-2-1-3-5-6;1-2-4-5-3-1;4-1-7-2(5)9-3(6)8-1;;;;/h1-13H;1-8,14-15H;1-5H;1-5H;1-4H2;;1H3;;;/q;;;;;;-1;+2;2*-1. The normalized spacial score (nSPS) is 10.7. The quantitative estimate of drug-likeness (QED) is 0.118. The van der Waals surface area contributed by atoms with Gasteiger partial charge in [0.15, 0.2) is 17.5 Å². The number of aromatic nitrogens is 11. The van der Waals surface area contributed by atoms with E-state index >= 15 is 0 Å². The van der Waals surface area contributed by atoms with E-state index < -0.39 is 7.12 Å². The van der Waals surface area contributed by atoms with Gasteiger partial charge < -0.3 is 25.1 Å². The number of hydrogen-bond donors (Lipinski definition) is 2. The van der Waals surface area contributed by atoms with Crippen molar-refractivity contribution >= 4 is 121 Å². The Balaban J connectivity index is 0.000000345. The fourth-order valence-electron chi connectivity index (χ4n) is 6.15. The largest absolute Gasteiger partial charge is 2.00 e. The third-order valence-electron chi connectivity index (χ3n) is 9.64. The van der Waals surface area contributed by atoms with E-state index in [9.17, 15) is 0 Å². The van der Waals surface area contributed by atoms with Gasteiger partial charge in [0.2, 0.25) is 31.7 Å². The molecule has 0 atom stereocenters. The van der Waals surface area contributed by atoms with Crippen LogP contribution in [0.3, 0.4) is 0 Å². The molecule has 390 valence electrons. The predicted octanol–water partition coefficient (Wildman–Crippen LogP) is 13.6. The van der Waals surface area contributed by atoms with Crippen LogP contribution in [-0.2, 0) is 4.74 Å². The maximum absolute atomic E-state index is 8.93. The number of pyridine rings is 2. The Hall–Kier alpha value is -5.64.